The average Bonchev–Trinajstić information content (AvgIpc) is 2.98. The minimum absolute atomic E-state index is 0.0843. The Morgan fingerprint density at radius 1 is 1.17 bits per heavy atom. The fraction of sp³-hybridized carbons (Fsp3) is 0.600. The van der Waals surface area contributed by atoms with Crippen molar-refractivity contribution < 1.29 is 9.59 Å². The zero-order chi connectivity index (χ0) is 17.3. The number of nitrogens with zero attached hydrogens (tertiary/aromatic N) is 2. The molecule has 0 saturated carbocycles. The molecular formula is C20H28N2O2. The number of piperidine rings is 1. The summed E-state index contributed by atoms with van der Waals surface area (Å²) < 4.78 is 0. The van der Waals surface area contributed by atoms with E-state index in [-0.39, 0.29) is 17.2 Å². The van der Waals surface area contributed by atoms with Gasteiger partial charge in [-0.1, -0.05) is 38.1 Å². The summed E-state index contributed by atoms with van der Waals surface area (Å²) >= 11 is 0. The summed E-state index contributed by atoms with van der Waals surface area (Å²) in [5, 5.41) is 0. The van der Waals surface area contributed by atoms with E-state index in [0.717, 1.165) is 32.4 Å². The normalized spacial score (nSPS) is 24.2. The van der Waals surface area contributed by atoms with E-state index < -0.39 is 0 Å². The van der Waals surface area contributed by atoms with Gasteiger partial charge in [0.25, 0.3) is 0 Å². The highest BCUT2D eigenvalue weighted by molar-refractivity contribution is 5.85. The monoisotopic (exact) mass is 328 g/mol. The Labute approximate surface area is 144 Å². The van der Waals surface area contributed by atoms with Crippen molar-refractivity contribution in [2.24, 2.45) is 5.41 Å². The van der Waals surface area contributed by atoms with Gasteiger partial charge in [0.2, 0.25) is 11.8 Å². The molecular weight excluding hydrogens is 300 g/mol. The van der Waals surface area contributed by atoms with E-state index in [1.807, 2.05) is 9.80 Å². The van der Waals surface area contributed by atoms with Crippen LogP contribution < -0.4 is 0 Å². The van der Waals surface area contributed by atoms with Gasteiger partial charge in [-0.25, -0.2) is 0 Å². The number of carbonyl (C=O) groups is 2. The Bertz CT molecular complexity index is 623. The number of carbonyl (C=O) groups excluding carboxylic acids is 2. The molecule has 4 nitrogen and oxygen atoms in total. The molecule has 2 aliphatic heterocycles. The summed E-state index contributed by atoms with van der Waals surface area (Å²) in [4.78, 5) is 28.6. The third-order valence-electron chi connectivity index (χ3n) is 5.64. The summed E-state index contributed by atoms with van der Waals surface area (Å²) in [5.74, 6) is 0.849. The first kappa shape index (κ1) is 17.0. The quantitative estimate of drug-likeness (QED) is 0.855. The number of likely N-dealkylation sites (tertiary alicyclic amines) is 2. The lowest BCUT2D eigenvalue weighted by Crippen LogP contribution is -2.49. The SMILES string of the molecule is CC(=O)N1CCC2(CCCN(Cc3ccc(C(C)C)cc3)C2=O)C1. The number of hydrogen-bond acceptors (Lipinski definition) is 2. The first-order valence-corrected chi connectivity index (χ1v) is 9.05. The van der Waals surface area contributed by atoms with E-state index in [2.05, 4.69) is 38.1 Å². The van der Waals surface area contributed by atoms with Gasteiger partial charge in [-0.15, -0.1) is 0 Å². The maximum absolute atomic E-state index is 13.1. The van der Waals surface area contributed by atoms with Gasteiger partial charge in [0, 0.05) is 33.1 Å². The molecule has 2 aliphatic rings. The van der Waals surface area contributed by atoms with Gasteiger partial charge in [-0.3, -0.25) is 9.59 Å². The second kappa shape index (κ2) is 6.58. The average molecular weight is 328 g/mol. The molecule has 2 saturated heterocycles. The summed E-state index contributed by atoms with van der Waals surface area (Å²) in [6.07, 6.45) is 2.76. The molecule has 130 valence electrons. The first-order valence-electron chi connectivity index (χ1n) is 9.05. The third kappa shape index (κ3) is 3.19. The second-order valence-electron chi connectivity index (χ2n) is 7.70. The maximum Gasteiger partial charge on any atom is 0.230 e. The van der Waals surface area contributed by atoms with E-state index in [1.54, 1.807) is 6.92 Å². The molecule has 0 aromatic heterocycles. The van der Waals surface area contributed by atoms with Crippen LogP contribution in [0.15, 0.2) is 24.3 Å². The predicted molar refractivity (Wildman–Crippen MR) is 94.5 cm³/mol. The molecule has 4 heteroatoms. The fourth-order valence-electron chi connectivity index (χ4n) is 4.05. The van der Waals surface area contributed by atoms with Crippen LogP contribution in [0.5, 0.6) is 0 Å². The highest BCUT2D eigenvalue weighted by Gasteiger charge is 2.48. The molecule has 0 bridgehead atoms. The van der Waals surface area contributed by atoms with Gasteiger partial charge >= 0.3 is 0 Å². The molecule has 1 atom stereocenters. The molecule has 1 aromatic carbocycles. The van der Waals surface area contributed by atoms with Crippen LogP contribution in [0, 0.1) is 5.41 Å². The summed E-state index contributed by atoms with van der Waals surface area (Å²) in [6.45, 7) is 8.80. The van der Waals surface area contributed by atoms with Crippen molar-refractivity contribution in [1.82, 2.24) is 9.80 Å². The molecule has 1 aromatic rings. The molecule has 2 heterocycles. The number of benzene rings is 1. The van der Waals surface area contributed by atoms with Gasteiger partial charge in [0.05, 0.1) is 5.41 Å². The van der Waals surface area contributed by atoms with Gasteiger partial charge in [-0.05, 0) is 36.3 Å². The Kier molecular flexibility index (Phi) is 4.66. The standard InChI is InChI=1S/C20H28N2O2/c1-15(2)18-7-5-17(6-8-18)13-21-11-4-9-20(19(21)24)10-12-22(14-20)16(3)23/h5-8,15H,4,9-14H2,1-3H3. The smallest absolute Gasteiger partial charge is 0.230 e. The molecule has 1 spiro atoms. The fourth-order valence-corrected chi connectivity index (χ4v) is 4.05. The topological polar surface area (TPSA) is 40.6 Å². The van der Waals surface area contributed by atoms with Gasteiger partial charge in [0.15, 0.2) is 0 Å². The first-order chi connectivity index (χ1) is 11.4. The van der Waals surface area contributed by atoms with Crippen molar-refractivity contribution >= 4 is 11.8 Å². The largest absolute Gasteiger partial charge is 0.342 e. The van der Waals surface area contributed by atoms with Crippen LogP contribution in [-0.4, -0.2) is 41.2 Å². The van der Waals surface area contributed by atoms with E-state index in [0.29, 0.717) is 19.0 Å². The Morgan fingerprint density at radius 3 is 2.46 bits per heavy atom. The number of rotatable bonds is 3. The van der Waals surface area contributed by atoms with Crippen LogP contribution in [0.3, 0.4) is 0 Å². The lowest BCUT2D eigenvalue weighted by molar-refractivity contribution is -0.146. The van der Waals surface area contributed by atoms with E-state index >= 15 is 0 Å². The Hall–Kier alpha value is -1.84. The summed E-state index contributed by atoms with van der Waals surface area (Å²) in [7, 11) is 0. The van der Waals surface area contributed by atoms with Crippen molar-refractivity contribution in [2.75, 3.05) is 19.6 Å². The van der Waals surface area contributed by atoms with E-state index in [9.17, 15) is 9.59 Å². The van der Waals surface area contributed by atoms with E-state index in [4.69, 9.17) is 0 Å². The molecule has 0 aliphatic carbocycles. The van der Waals surface area contributed by atoms with Gasteiger partial charge in [0.1, 0.15) is 0 Å². The molecule has 2 amide bonds. The van der Waals surface area contributed by atoms with Crippen molar-refractivity contribution in [1.29, 1.82) is 0 Å². The molecule has 3 rings (SSSR count). The van der Waals surface area contributed by atoms with Crippen LogP contribution >= 0.6 is 0 Å². The highest BCUT2D eigenvalue weighted by atomic mass is 16.2. The maximum atomic E-state index is 13.1. The zero-order valence-corrected chi connectivity index (χ0v) is 15.0. The summed E-state index contributed by atoms with van der Waals surface area (Å²) in [6, 6.07) is 8.61. The van der Waals surface area contributed by atoms with Crippen LogP contribution in [-0.2, 0) is 16.1 Å². The number of amides is 2. The Balaban J connectivity index is 1.70. The highest BCUT2D eigenvalue weighted by Crippen LogP contribution is 2.40. The van der Waals surface area contributed by atoms with Crippen LogP contribution in [0.1, 0.15) is 57.1 Å². The molecule has 1 unspecified atom stereocenters. The lowest BCUT2D eigenvalue weighted by atomic mass is 9.78. The van der Waals surface area contributed by atoms with Gasteiger partial charge in [-0.2, -0.15) is 0 Å². The predicted octanol–water partition coefficient (Wildman–Crippen LogP) is 3.17. The summed E-state index contributed by atoms with van der Waals surface area (Å²) in [5.41, 5.74) is 2.18. The minimum atomic E-state index is -0.332. The van der Waals surface area contributed by atoms with E-state index in [1.165, 1.54) is 11.1 Å². The van der Waals surface area contributed by atoms with Crippen LogP contribution in [0.4, 0.5) is 0 Å². The molecule has 0 radical (unpaired) electrons. The van der Waals surface area contributed by atoms with Crippen LogP contribution in [0.25, 0.3) is 0 Å². The van der Waals surface area contributed by atoms with Crippen molar-refractivity contribution in [3.63, 3.8) is 0 Å². The van der Waals surface area contributed by atoms with Crippen LogP contribution in [0.2, 0.25) is 0 Å². The van der Waals surface area contributed by atoms with Gasteiger partial charge < -0.3 is 9.80 Å². The zero-order valence-electron chi connectivity index (χ0n) is 15.0. The third-order valence-corrected chi connectivity index (χ3v) is 5.64. The Morgan fingerprint density at radius 2 is 1.88 bits per heavy atom. The molecule has 24 heavy (non-hydrogen) atoms. The lowest BCUT2D eigenvalue weighted by Gasteiger charge is -2.39. The second-order valence-corrected chi connectivity index (χ2v) is 7.70. The molecule has 0 N–H and O–H groups in total. The van der Waals surface area contributed by atoms with Crippen molar-refractivity contribution in [2.45, 2.75) is 52.5 Å². The van der Waals surface area contributed by atoms with Crippen molar-refractivity contribution in [3.8, 4) is 0 Å². The molecule has 2 fully saturated rings. The number of hydrogen-bond donors (Lipinski definition) is 0. The minimum Gasteiger partial charge on any atom is -0.342 e. The van der Waals surface area contributed by atoms with Crippen molar-refractivity contribution in [3.05, 3.63) is 35.4 Å².